The zero-order chi connectivity index (χ0) is 19.3. The number of hydrogen-bond acceptors (Lipinski definition) is 7. The number of thioether (sulfide) groups is 1. The summed E-state index contributed by atoms with van der Waals surface area (Å²) in [6.45, 7) is 1.56. The van der Waals surface area contributed by atoms with Crippen molar-refractivity contribution in [3.8, 4) is 5.75 Å². The maximum atomic E-state index is 12.0. The van der Waals surface area contributed by atoms with E-state index in [-0.39, 0.29) is 5.03 Å². The molecule has 1 aromatic carbocycles. The van der Waals surface area contributed by atoms with Crippen molar-refractivity contribution in [1.82, 2.24) is 20.6 Å². The van der Waals surface area contributed by atoms with Gasteiger partial charge in [0.15, 0.2) is 10.8 Å². The second kappa shape index (κ2) is 8.88. The zero-order valence-corrected chi connectivity index (χ0v) is 15.8. The maximum Gasteiger partial charge on any atom is 0.342 e. The van der Waals surface area contributed by atoms with Gasteiger partial charge in [0, 0.05) is 0 Å². The van der Waals surface area contributed by atoms with Gasteiger partial charge in [0.1, 0.15) is 0 Å². The first-order chi connectivity index (χ1) is 12.3. The molecule has 1 atom stereocenters. The smallest absolute Gasteiger partial charge is 0.342 e. The normalized spacial score (nSPS) is 12.2. The summed E-state index contributed by atoms with van der Waals surface area (Å²) < 4.78 is 5.04. The lowest BCUT2D eigenvalue weighted by Gasteiger charge is -2.08. The van der Waals surface area contributed by atoms with Gasteiger partial charge in [0.2, 0.25) is 0 Å². The lowest BCUT2D eigenvalue weighted by molar-refractivity contribution is -0.120. The number of carbonyl (C=O) groups excluding carboxylic acids is 1. The summed E-state index contributed by atoms with van der Waals surface area (Å²) in [6, 6.07) is 3.15. The van der Waals surface area contributed by atoms with Crippen molar-refractivity contribution in [2.75, 3.05) is 7.11 Å². The van der Waals surface area contributed by atoms with Crippen molar-refractivity contribution in [2.24, 2.45) is 5.10 Å². The van der Waals surface area contributed by atoms with Crippen LogP contribution < -0.4 is 21.4 Å². The number of H-pyrrole nitrogens is 2. The molecule has 1 amide bonds. The van der Waals surface area contributed by atoms with Crippen LogP contribution in [0.25, 0.3) is 0 Å². The van der Waals surface area contributed by atoms with Crippen molar-refractivity contribution < 1.29 is 9.53 Å². The Bertz CT molecular complexity index is 936. The summed E-state index contributed by atoms with van der Waals surface area (Å²) in [5.74, 6) is -0.123. The highest BCUT2D eigenvalue weighted by molar-refractivity contribution is 8.00. The summed E-state index contributed by atoms with van der Waals surface area (Å²) in [6.07, 6.45) is 1.36. The second-order valence-corrected chi connectivity index (χ2v) is 6.97. The van der Waals surface area contributed by atoms with Gasteiger partial charge in [-0.15, -0.1) is 0 Å². The van der Waals surface area contributed by atoms with Gasteiger partial charge in [-0.05, 0) is 24.6 Å². The topological polar surface area (TPSA) is 129 Å². The molecule has 0 aliphatic rings. The Morgan fingerprint density at radius 3 is 2.62 bits per heavy atom. The Hall–Kier alpha value is -2.30. The molecule has 0 fully saturated rings. The van der Waals surface area contributed by atoms with Crippen molar-refractivity contribution in [3.63, 3.8) is 0 Å². The van der Waals surface area contributed by atoms with E-state index in [0.29, 0.717) is 21.4 Å². The molecule has 12 heteroatoms. The van der Waals surface area contributed by atoms with Gasteiger partial charge in [0.05, 0.1) is 28.6 Å². The van der Waals surface area contributed by atoms with E-state index in [2.05, 4.69) is 20.7 Å². The van der Waals surface area contributed by atoms with Crippen LogP contribution in [0.1, 0.15) is 12.5 Å². The van der Waals surface area contributed by atoms with Crippen molar-refractivity contribution >= 4 is 47.1 Å². The number of methoxy groups -OCH3 is 1. The van der Waals surface area contributed by atoms with Crippen LogP contribution in [-0.2, 0) is 4.79 Å². The van der Waals surface area contributed by atoms with Gasteiger partial charge >= 0.3 is 5.69 Å². The average Bonchev–Trinajstić information content (AvgIpc) is 2.57. The number of hydrazone groups is 1. The number of amides is 1. The minimum absolute atomic E-state index is 0.0371. The van der Waals surface area contributed by atoms with Gasteiger partial charge < -0.3 is 4.74 Å². The quantitative estimate of drug-likeness (QED) is 0.370. The molecule has 2 rings (SSSR count). The number of benzene rings is 1. The molecular weight excluding hydrogens is 405 g/mol. The van der Waals surface area contributed by atoms with Crippen LogP contribution in [0, 0.1) is 0 Å². The van der Waals surface area contributed by atoms with Crippen LogP contribution in [-0.4, -0.2) is 39.7 Å². The summed E-state index contributed by atoms with van der Waals surface area (Å²) in [5, 5.41) is 9.38. The zero-order valence-electron chi connectivity index (χ0n) is 13.5. The molecule has 138 valence electrons. The van der Waals surface area contributed by atoms with Gasteiger partial charge in [0.25, 0.3) is 11.5 Å². The number of nitrogens with one attached hydrogen (secondary N) is 3. The minimum atomic E-state index is -0.724. The first kappa shape index (κ1) is 20.0. The van der Waals surface area contributed by atoms with Crippen molar-refractivity contribution in [2.45, 2.75) is 17.2 Å². The Labute approximate surface area is 161 Å². The first-order valence-corrected chi connectivity index (χ1v) is 8.67. The van der Waals surface area contributed by atoms with Gasteiger partial charge in [-0.25, -0.2) is 15.3 Å². The Kier molecular flexibility index (Phi) is 6.83. The highest BCUT2D eigenvalue weighted by Gasteiger charge is 2.17. The predicted octanol–water partition coefficient (Wildman–Crippen LogP) is 1.40. The first-order valence-electron chi connectivity index (χ1n) is 7.03. The fourth-order valence-electron chi connectivity index (χ4n) is 1.75. The maximum absolute atomic E-state index is 12.0. The van der Waals surface area contributed by atoms with Crippen LogP contribution in [0.3, 0.4) is 0 Å². The lowest BCUT2D eigenvalue weighted by Crippen LogP contribution is -2.30. The average molecular weight is 418 g/mol. The number of aromatic amines is 2. The number of rotatable bonds is 6. The summed E-state index contributed by atoms with van der Waals surface area (Å²) in [4.78, 5) is 36.5. The molecule has 26 heavy (non-hydrogen) atoms. The molecule has 0 bridgehead atoms. The molecule has 0 spiro atoms. The molecule has 0 aliphatic heterocycles. The third-order valence-electron chi connectivity index (χ3n) is 2.95. The number of ether oxygens (including phenoxy) is 1. The van der Waals surface area contributed by atoms with Gasteiger partial charge in [-0.3, -0.25) is 14.6 Å². The van der Waals surface area contributed by atoms with E-state index in [4.69, 9.17) is 27.9 Å². The molecule has 1 unspecified atom stereocenters. The molecule has 0 radical (unpaired) electrons. The van der Waals surface area contributed by atoms with Gasteiger partial charge in [-0.1, -0.05) is 35.0 Å². The number of hydrogen-bond donors (Lipinski definition) is 3. The number of nitrogens with zero attached hydrogens (tertiary/aromatic N) is 2. The largest absolute Gasteiger partial charge is 0.494 e. The molecule has 3 N–H and O–H groups in total. The van der Waals surface area contributed by atoms with Crippen molar-refractivity contribution in [1.29, 1.82) is 0 Å². The molecule has 0 saturated carbocycles. The van der Waals surface area contributed by atoms with E-state index in [1.807, 2.05) is 4.98 Å². The van der Waals surface area contributed by atoms with E-state index >= 15 is 0 Å². The van der Waals surface area contributed by atoms with Gasteiger partial charge in [-0.2, -0.15) is 10.2 Å². The Balaban J connectivity index is 2.00. The molecule has 9 nitrogen and oxygen atoms in total. The highest BCUT2D eigenvalue weighted by Crippen LogP contribution is 2.33. The van der Waals surface area contributed by atoms with Crippen LogP contribution >= 0.6 is 35.0 Å². The van der Waals surface area contributed by atoms with E-state index in [0.717, 1.165) is 11.8 Å². The third kappa shape index (κ3) is 5.10. The fourth-order valence-corrected chi connectivity index (χ4v) is 3.16. The molecule has 0 aliphatic carbocycles. The van der Waals surface area contributed by atoms with Crippen LogP contribution in [0.5, 0.6) is 5.75 Å². The van der Waals surface area contributed by atoms with E-state index in [1.54, 1.807) is 19.1 Å². The van der Waals surface area contributed by atoms with Crippen LogP contribution in [0.2, 0.25) is 10.0 Å². The molecule has 1 heterocycles. The lowest BCUT2D eigenvalue weighted by atomic mass is 10.2. The minimum Gasteiger partial charge on any atom is -0.494 e. The number of carbonyl (C=O) groups is 1. The van der Waals surface area contributed by atoms with E-state index in [1.165, 1.54) is 13.3 Å². The van der Waals surface area contributed by atoms with E-state index in [9.17, 15) is 14.4 Å². The number of halogens is 2. The fraction of sp³-hybridized carbons (Fsp3) is 0.214. The summed E-state index contributed by atoms with van der Waals surface area (Å²) in [5.41, 5.74) is 1.48. The summed E-state index contributed by atoms with van der Waals surface area (Å²) >= 11 is 12.9. The molecular formula is C14H13Cl2N5O4S. The SMILES string of the molecule is COc1c(Cl)cc(/C=N/NC(=O)C(C)Sc2n[nH]c(=O)[nH]c2=O)cc1Cl. The van der Waals surface area contributed by atoms with Crippen LogP contribution in [0.15, 0.2) is 31.8 Å². The monoisotopic (exact) mass is 417 g/mol. The standard InChI is InChI=1S/C14H13Cl2N5O4S/c1-6(26-13-12(23)18-14(24)21-20-13)11(22)19-17-5-7-3-8(15)10(25-2)9(16)4-7/h3-6H,1-2H3,(H,19,22)(H2,18,21,23,24)/b17-5+. The predicted molar refractivity (Wildman–Crippen MR) is 99.5 cm³/mol. The van der Waals surface area contributed by atoms with E-state index < -0.39 is 22.4 Å². The highest BCUT2D eigenvalue weighted by atomic mass is 35.5. The molecule has 1 aromatic heterocycles. The number of aromatic nitrogens is 3. The molecule has 2 aromatic rings. The Morgan fingerprint density at radius 1 is 1.38 bits per heavy atom. The van der Waals surface area contributed by atoms with Crippen LogP contribution in [0.4, 0.5) is 0 Å². The molecule has 0 saturated heterocycles. The second-order valence-electron chi connectivity index (χ2n) is 4.82. The van der Waals surface area contributed by atoms with Crippen molar-refractivity contribution in [3.05, 3.63) is 48.6 Å². The summed E-state index contributed by atoms with van der Waals surface area (Å²) in [7, 11) is 1.45. The third-order valence-corrected chi connectivity index (χ3v) is 4.58. The Morgan fingerprint density at radius 2 is 2.04 bits per heavy atom.